The molecule has 0 unspecified atom stereocenters. The van der Waals surface area contributed by atoms with E-state index in [0.29, 0.717) is 23.3 Å². The fraction of sp³-hybridized carbons (Fsp3) is 0.538. The summed E-state index contributed by atoms with van der Waals surface area (Å²) >= 11 is 0. The minimum atomic E-state index is -0.654. The molecule has 0 atom stereocenters. The Morgan fingerprint density at radius 3 is 2.00 bits per heavy atom. The Labute approximate surface area is 178 Å². The molecule has 4 heteroatoms. The Hall–Kier alpha value is -1.97. The molecule has 2 aliphatic rings. The van der Waals surface area contributed by atoms with Crippen molar-refractivity contribution in [3.8, 4) is 0 Å². The molecule has 1 aromatic carbocycles. The van der Waals surface area contributed by atoms with Gasteiger partial charge in [0.2, 0.25) is 0 Å². The van der Waals surface area contributed by atoms with Crippen LogP contribution in [0.5, 0.6) is 0 Å². The molecule has 30 heavy (non-hydrogen) atoms. The molecule has 0 aliphatic heterocycles. The zero-order valence-corrected chi connectivity index (χ0v) is 18.0. The third kappa shape index (κ3) is 5.59. The average molecular weight is 419 g/mol. The van der Waals surface area contributed by atoms with E-state index in [4.69, 9.17) is 4.74 Å². The van der Waals surface area contributed by atoms with Crippen molar-refractivity contribution in [3.05, 3.63) is 71.3 Å². The number of hydrogen-bond acceptors (Lipinski definition) is 1. The van der Waals surface area contributed by atoms with Gasteiger partial charge < -0.3 is 4.74 Å². The van der Waals surface area contributed by atoms with E-state index in [9.17, 15) is 13.2 Å². The highest BCUT2D eigenvalue weighted by molar-refractivity contribution is 5.32. The largest absolute Gasteiger partial charge is 0.491 e. The van der Waals surface area contributed by atoms with Crippen molar-refractivity contribution in [3.63, 3.8) is 0 Å². The number of hydrogen-bond donors (Lipinski definition) is 0. The van der Waals surface area contributed by atoms with Crippen molar-refractivity contribution in [1.82, 2.24) is 0 Å². The Balaban J connectivity index is 1.55. The van der Waals surface area contributed by atoms with Gasteiger partial charge in [0, 0.05) is 0 Å². The van der Waals surface area contributed by atoms with Gasteiger partial charge in [-0.2, -0.15) is 0 Å². The summed E-state index contributed by atoms with van der Waals surface area (Å²) in [6.07, 6.45) is 9.83. The molecular weight excluding hydrogens is 385 g/mol. The molecule has 0 saturated heterocycles. The topological polar surface area (TPSA) is 9.23 Å². The third-order valence-corrected chi connectivity index (χ3v) is 6.61. The Kier molecular flexibility index (Phi) is 7.85. The summed E-state index contributed by atoms with van der Waals surface area (Å²) in [5.74, 6) is -1.33. The Morgan fingerprint density at radius 1 is 0.933 bits per heavy atom. The van der Waals surface area contributed by atoms with E-state index in [2.05, 4.69) is 13.2 Å². The second-order valence-corrected chi connectivity index (χ2v) is 9.00. The minimum absolute atomic E-state index is 0.0199. The van der Waals surface area contributed by atoms with Crippen LogP contribution >= 0.6 is 0 Å². The van der Waals surface area contributed by atoms with Crippen LogP contribution in [0.4, 0.5) is 13.2 Å². The van der Waals surface area contributed by atoms with Crippen LogP contribution in [-0.4, -0.2) is 6.61 Å². The van der Waals surface area contributed by atoms with Crippen LogP contribution in [-0.2, 0) is 4.74 Å². The lowest BCUT2D eigenvalue weighted by atomic mass is 9.77. The first-order valence-corrected chi connectivity index (χ1v) is 11.2. The standard InChI is InChI=1S/C26H33F3O/c1-17(2)15-24(27)18(3)30-16-19-9-11-21(12-10-19)23-14-13-22(25(28)26(23)29)20-7-5-4-6-8-20/h13-15,19-21H,1,3-12,16H2,2H3/b24-15+. The molecule has 1 nitrogen and oxygen atoms in total. The van der Waals surface area contributed by atoms with Gasteiger partial charge in [0.1, 0.15) is 5.76 Å². The smallest absolute Gasteiger partial charge is 0.164 e. The van der Waals surface area contributed by atoms with E-state index < -0.39 is 17.5 Å². The lowest BCUT2D eigenvalue weighted by Gasteiger charge is -2.30. The molecule has 0 heterocycles. The Bertz CT molecular complexity index is 797. The molecule has 0 radical (unpaired) electrons. The van der Waals surface area contributed by atoms with Gasteiger partial charge in [0.05, 0.1) is 6.61 Å². The summed E-state index contributed by atoms with van der Waals surface area (Å²) < 4.78 is 49.0. The summed E-state index contributed by atoms with van der Waals surface area (Å²) in [6.45, 7) is 9.36. The summed E-state index contributed by atoms with van der Waals surface area (Å²) in [6, 6.07) is 3.63. The van der Waals surface area contributed by atoms with Gasteiger partial charge in [-0.15, -0.1) is 0 Å². The van der Waals surface area contributed by atoms with Crippen LogP contribution in [0.2, 0.25) is 0 Å². The van der Waals surface area contributed by atoms with Crippen molar-refractivity contribution in [2.45, 2.75) is 76.5 Å². The van der Waals surface area contributed by atoms with Gasteiger partial charge in [-0.25, -0.2) is 13.2 Å². The number of rotatable bonds is 7. The number of allylic oxidation sites excluding steroid dienone is 3. The van der Waals surface area contributed by atoms with E-state index in [1.54, 1.807) is 6.92 Å². The van der Waals surface area contributed by atoms with Crippen molar-refractivity contribution in [2.24, 2.45) is 5.92 Å². The number of halogens is 3. The second-order valence-electron chi connectivity index (χ2n) is 9.00. The summed E-state index contributed by atoms with van der Waals surface area (Å²) in [4.78, 5) is 0. The van der Waals surface area contributed by atoms with E-state index in [0.717, 1.165) is 51.4 Å². The van der Waals surface area contributed by atoms with E-state index >= 15 is 0 Å². The summed E-state index contributed by atoms with van der Waals surface area (Å²) in [5.41, 5.74) is 1.66. The molecule has 3 rings (SSSR count). The predicted octanol–water partition coefficient (Wildman–Crippen LogP) is 8.25. The van der Waals surface area contributed by atoms with E-state index in [1.165, 1.54) is 12.5 Å². The van der Waals surface area contributed by atoms with Crippen molar-refractivity contribution < 1.29 is 17.9 Å². The van der Waals surface area contributed by atoms with Crippen LogP contribution in [0.25, 0.3) is 0 Å². The minimum Gasteiger partial charge on any atom is -0.491 e. The van der Waals surface area contributed by atoms with Crippen LogP contribution in [0.15, 0.2) is 48.5 Å². The molecule has 0 N–H and O–H groups in total. The molecule has 2 saturated carbocycles. The zero-order valence-electron chi connectivity index (χ0n) is 18.0. The zero-order chi connectivity index (χ0) is 21.7. The molecule has 1 aromatic rings. The van der Waals surface area contributed by atoms with Gasteiger partial charge in [-0.05, 0) is 80.4 Å². The SMILES string of the molecule is C=C(C)/C=C(/F)C(=C)OCC1CCC(c2ccc(C3CCCCC3)c(F)c2F)CC1. The highest BCUT2D eigenvalue weighted by Gasteiger charge is 2.28. The predicted molar refractivity (Wildman–Crippen MR) is 116 cm³/mol. The monoisotopic (exact) mass is 418 g/mol. The lowest BCUT2D eigenvalue weighted by Crippen LogP contribution is -2.19. The molecule has 0 amide bonds. The fourth-order valence-electron chi connectivity index (χ4n) is 4.85. The van der Waals surface area contributed by atoms with Gasteiger partial charge >= 0.3 is 0 Å². The first-order valence-electron chi connectivity index (χ1n) is 11.2. The average Bonchev–Trinajstić information content (AvgIpc) is 2.74. The highest BCUT2D eigenvalue weighted by atomic mass is 19.2. The molecule has 0 bridgehead atoms. The van der Waals surface area contributed by atoms with Gasteiger partial charge in [0.25, 0.3) is 0 Å². The quantitative estimate of drug-likeness (QED) is 0.320. The Morgan fingerprint density at radius 2 is 1.47 bits per heavy atom. The van der Waals surface area contributed by atoms with Crippen LogP contribution in [0.1, 0.15) is 87.7 Å². The normalized spacial score (nSPS) is 23.3. The van der Waals surface area contributed by atoms with Crippen molar-refractivity contribution in [2.75, 3.05) is 6.61 Å². The van der Waals surface area contributed by atoms with Crippen LogP contribution in [0, 0.1) is 17.6 Å². The van der Waals surface area contributed by atoms with Crippen molar-refractivity contribution in [1.29, 1.82) is 0 Å². The molecule has 0 spiro atoms. The first kappa shape index (κ1) is 22.7. The maximum absolute atomic E-state index is 14.9. The van der Waals surface area contributed by atoms with Crippen LogP contribution in [0.3, 0.4) is 0 Å². The molecule has 164 valence electrons. The number of benzene rings is 1. The first-order chi connectivity index (χ1) is 14.4. The lowest BCUT2D eigenvalue weighted by molar-refractivity contribution is 0.137. The van der Waals surface area contributed by atoms with Crippen LogP contribution < -0.4 is 0 Å². The van der Waals surface area contributed by atoms with E-state index in [-0.39, 0.29) is 23.5 Å². The second kappa shape index (κ2) is 10.4. The van der Waals surface area contributed by atoms with E-state index in [1.807, 2.05) is 12.1 Å². The van der Waals surface area contributed by atoms with Gasteiger partial charge in [-0.3, -0.25) is 0 Å². The molecule has 2 aliphatic carbocycles. The van der Waals surface area contributed by atoms with Crippen molar-refractivity contribution >= 4 is 0 Å². The molecular formula is C26H33F3O. The summed E-state index contributed by atoms with van der Waals surface area (Å²) in [7, 11) is 0. The molecule has 0 aromatic heterocycles. The third-order valence-electron chi connectivity index (χ3n) is 6.61. The summed E-state index contributed by atoms with van der Waals surface area (Å²) in [5, 5.41) is 0. The highest BCUT2D eigenvalue weighted by Crippen LogP contribution is 2.40. The number of ether oxygens (including phenoxy) is 1. The van der Waals surface area contributed by atoms with Gasteiger partial charge in [-0.1, -0.05) is 50.1 Å². The molecule has 2 fully saturated rings. The maximum atomic E-state index is 14.9. The fourth-order valence-corrected chi connectivity index (χ4v) is 4.85. The van der Waals surface area contributed by atoms with Gasteiger partial charge in [0.15, 0.2) is 17.5 Å². The maximum Gasteiger partial charge on any atom is 0.164 e.